The molecule has 1 aliphatic rings. The molecular weight excluding hydrogens is 332 g/mol. The Kier molecular flexibility index (Phi) is 5.94. The Morgan fingerprint density at radius 1 is 1.19 bits per heavy atom. The summed E-state index contributed by atoms with van der Waals surface area (Å²) in [5.74, 6) is 0.0419. The Labute approximate surface area is 133 Å². The van der Waals surface area contributed by atoms with Crippen molar-refractivity contribution in [2.24, 2.45) is 11.7 Å². The zero-order valence-corrected chi connectivity index (χ0v) is 13.6. The molecule has 1 aliphatic heterocycles. The Morgan fingerprint density at radius 3 is 2.38 bits per heavy atom. The minimum Gasteiger partial charge on any atom is -0.369 e. The summed E-state index contributed by atoms with van der Waals surface area (Å²) in [6.07, 6.45) is 3.11. The van der Waals surface area contributed by atoms with Crippen LogP contribution in [-0.2, 0) is 4.79 Å². The van der Waals surface area contributed by atoms with Crippen molar-refractivity contribution in [3.05, 3.63) is 34.3 Å². The fourth-order valence-corrected chi connectivity index (χ4v) is 2.95. The predicted molar refractivity (Wildman–Crippen MR) is 86.1 cm³/mol. The van der Waals surface area contributed by atoms with E-state index in [1.807, 2.05) is 24.3 Å². The molecule has 5 heteroatoms. The number of piperidine rings is 1. The molecule has 1 aromatic rings. The molecule has 1 aromatic carbocycles. The van der Waals surface area contributed by atoms with Gasteiger partial charge in [-0.25, -0.2) is 0 Å². The number of Topliss-reactive ketones (excluding diaryl/α,β-unsaturated/α-hetero) is 1. The van der Waals surface area contributed by atoms with Gasteiger partial charge in [0.2, 0.25) is 5.91 Å². The maximum atomic E-state index is 12.0. The molecule has 21 heavy (non-hydrogen) atoms. The van der Waals surface area contributed by atoms with E-state index >= 15 is 0 Å². The molecule has 0 atom stereocenters. The van der Waals surface area contributed by atoms with Crippen LogP contribution < -0.4 is 5.73 Å². The molecule has 0 aromatic heterocycles. The lowest BCUT2D eigenvalue weighted by Gasteiger charge is -2.30. The Bertz CT molecular complexity index is 494. The number of nitrogens with two attached hydrogens (primary N) is 1. The van der Waals surface area contributed by atoms with Gasteiger partial charge in [0.15, 0.2) is 5.78 Å². The van der Waals surface area contributed by atoms with Crippen LogP contribution in [0.1, 0.15) is 36.0 Å². The van der Waals surface area contributed by atoms with E-state index in [1.165, 1.54) is 0 Å². The van der Waals surface area contributed by atoms with Crippen LogP contribution in [0, 0.1) is 5.92 Å². The van der Waals surface area contributed by atoms with E-state index in [-0.39, 0.29) is 17.6 Å². The average molecular weight is 353 g/mol. The van der Waals surface area contributed by atoms with Gasteiger partial charge in [-0.05, 0) is 51.0 Å². The highest BCUT2D eigenvalue weighted by molar-refractivity contribution is 9.10. The summed E-state index contributed by atoms with van der Waals surface area (Å²) in [6, 6.07) is 7.49. The van der Waals surface area contributed by atoms with Crippen LogP contribution in [0.15, 0.2) is 28.7 Å². The smallest absolute Gasteiger partial charge is 0.220 e. The maximum absolute atomic E-state index is 12.0. The average Bonchev–Trinajstić information content (AvgIpc) is 2.48. The summed E-state index contributed by atoms with van der Waals surface area (Å²) in [4.78, 5) is 25.5. The second-order valence-corrected chi connectivity index (χ2v) is 6.47. The lowest BCUT2D eigenvalue weighted by molar-refractivity contribution is -0.123. The molecule has 2 rings (SSSR count). The van der Waals surface area contributed by atoms with Crippen molar-refractivity contribution in [2.45, 2.75) is 25.7 Å². The van der Waals surface area contributed by atoms with Crippen molar-refractivity contribution in [1.29, 1.82) is 0 Å². The van der Waals surface area contributed by atoms with Gasteiger partial charge in [0, 0.05) is 22.4 Å². The van der Waals surface area contributed by atoms with Gasteiger partial charge in [0.25, 0.3) is 0 Å². The topological polar surface area (TPSA) is 63.4 Å². The van der Waals surface area contributed by atoms with Gasteiger partial charge in [0.1, 0.15) is 0 Å². The van der Waals surface area contributed by atoms with Gasteiger partial charge in [-0.15, -0.1) is 0 Å². The predicted octanol–water partition coefficient (Wildman–Crippen LogP) is 2.61. The van der Waals surface area contributed by atoms with Gasteiger partial charge in [0.05, 0.1) is 0 Å². The second-order valence-electron chi connectivity index (χ2n) is 5.55. The number of benzene rings is 1. The zero-order chi connectivity index (χ0) is 15.2. The second kappa shape index (κ2) is 7.71. The number of carbonyl (C=O) groups is 2. The van der Waals surface area contributed by atoms with Gasteiger partial charge in [-0.1, -0.05) is 28.1 Å². The zero-order valence-electron chi connectivity index (χ0n) is 12.1. The largest absolute Gasteiger partial charge is 0.369 e. The van der Waals surface area contributed by atoms with E-state index in [1.54, 1.807) is 0 Å². The number of primary amides is 1. The van der Waals surface area contributed by atoms with Crippen molar-refractivity contribution in [3.8, 4) is 0 Å². The highest BCUT2D eigenvalue weighted by Gasteiger charge is 2.22. The summed E-state index contributed by atoms with van der Waals surface area (Å²) in [5.41, 5.74) is 6.09. The Morgan fingerprint density at radius 2 is 1.81 bits per heavy atom. The van der Waals surface area contributed by atoms with E-state index in [2.05, 4.69) is 20.8 Å². The molecule has 2 N–H and O–H groups in total. The fraction of sp³-hybridized carbons (Fsp3) is 0.500. The molecule has 1 saturated heterocycles. The molecule has 1 heterocycles. The number of carbonyl (C=O) groups excluding carboxylic acids is 2. The van der Waals surface area contributed by atoms with Crippen molar-refractivity contribution in [3.63, 3.8) is 0 Å². The summed E-state index contributed by atoms with van der Waals surface area (Å²) in [7, 11) is 0. The van der Waals surface area contributed by atoms with Crippen molar-refractivity contribution >= 4 is 27.6 Å². The lowest BCUT2D eigenvalue weighted by Crippen LogP contribution is -2.39. The van der Waals surface area contributed by atoms with Crippen molar-refractivity contribution in [1.82, 2.24) is 4.90 Å². The van der Waals surface area contributed by atoms with Crippen LogP contribution in [-0.4, -0.2) is 36.2 Å². The minimum atomic E-state index is -0.180. The van der Waals surface area contributed by atoms with Crippen LogP contribution in [0.5, 0.6) is 0 Å². The van der Waals surface area contributed by atoms with Gasteiger partial charge in [-0.3, -0.25) is 9.59 Å². The van der Waals surface area contributed by atoms with Crippen LogP contribution in [0.25, 0.3) is 0 Å². The third-order valence-corrected chi connectivity index (χ3v) is 4.56. The number of hydrogen-bond acceptors (Lipinski definition) is 3. The summed E-state index contributed by atoms with van der Waals surface area (Å²) < 4.78 is 0.983. The number of likely N-dealkylation sites (tertiary alicyclic amines) is 1. The number of halogens is 1. The first kappa shape index (κ1) is 16.2. The molecule has 0 spiro atoms. The third-order valence-electron chi connectivity index (χ3n) is 4.03. The van der Waals surface area contributed by atoms with Crippen LogP contribution in [0.3, 0.4) is 0 Å². The first-order chi connectivity index (χ1) is 10.1. The van der Waals surface area contributed by atoms with Crippen LogP contribution in [0.4, 0.5) is 0 Å². The molecule has 0 unspecified atom stereocenters. The highest BCUT2D eigenvalue weighted by Crippen LogP contribution is 2.17. The summed E-state index contributed by atoms with van der Waals surface area (Å²) in [6.45, 7) is 2.72. The van der Waals surface area contributed by atoms with E-state index in [0.29, 0.717) is 6.42 Å². The van der Waals surface area contributed by atoms with E-state index in [4.69, 9.17) is 5.73 Å². The molecular formula is C16H21BrN2O2. The van der Waals surface area contributed by atoms with Crippen molar-refractivity contribution in [2.75, 3.05) is 19.6 Å². The van der Waals surface area contributed by atoms with E-state index < -0.39 is 0 Å². The monoisotopic (exact) mass is 352 g/mol. The Balaban J connectivity index is 1.69. The lowest BCUT2D eigenvalue weighted by atomic mass is 9.96. The molecule has 0 radical (unpaired) electrons. The number of amides is 1. The normalized spacial score (nSPS) is 16.8. The number of hydrogen-bond donors (Lipinski definition) is 1. The maximum Gasteiger partial charge on any atom is 0.220 e. The van der Waals surface area contributed by atoms with Crippen LogP contribution in [0.2, 0.25) is 0 Å². The first-order valence-electron chi connectivity index (χ1n) is 7.36. The summed E-state index contributed by atoms with van der Waals surface area (Å²) in [5, 5.41) is 0. The van der Waals surface area contributed by atoms with Gasteiger partial charge in [-0.2, -0.15) is 0 Å². The molecule has 0 bridgehead atoms. The van der Waals surface area contributed by atoms with Gasteiger partial charge >= 0.3 is 0 Å². The highest BCUT2D eigenvalue weighted by atomic mass is 79.9. The first-order valence-corrected chi connectivity index (χ1v) is 8.16. The fourth-order valence-electron chi connectivity index (χ4n) is 2.68. The minimum absolute atomic E-state index is 0.0330. The summed E-state index contributed by atoms with van der Waals surface area (Å²) >= 11 is 3.36. The number of ketones is 1. The number of nitrogens with zero attached hydrogens (tertiary/aromatic N) is 1. The molecule has 0 aliphatic carbocycles. The standard InChI is InChI=1S/C16H21BrN2O2/c17-14-5-3-12(4-6-14)15(20)2-1-9-19-10-7-13(8-11-19)16(18)21/h3-6,13H,1-2,7-11H2,(H2,18,21). The van der Waals surface area contributed by atoms with Crippen molar-refractivity contribution < 1.29 is 9.59 Å². The quantitative estimate of drug-likeness (QED) is 0.800. The van der Waals surface area contributed by atoms with Crippen LogP contribution >= 0.6 is 15.9 Å². The Hall–Kier alpha value is -1.20. The molecule has 4 nitrogen and oxygen atoms in total. The molecule has 114 valence electrons. The van der Waals surface area contributed by atoms with Gasteiger partial charge < -0.3 is 10.6 Å². The molecule has 0 saturated carbocycles. The molecule has 1 fully saturated rings. The van der Waals surface area contributed by atoms with E-state index in [9.17, 15) is 9.59 Å². The number of rotatable bonds is 6. The SMILES string of the molecule is NC(=O)C1CCN(CCCC(=O)c2ccc(Br)cc2)CC1. The molecule has 1 amide bonds. The van der Waals surface area contributed by atoms with E-state index in [0.717, 1.165) is 48.9 Å². The third kappa shape index (κ3) is 4.93.